The van der Waals surface area contributed by atoms with E-state index < -0.39 is 0 Å². The molecule has 0 aromatic rings. The molecule has 0 aromatic heterocycles. The fraction of sp³-hybridized carbons (Fsp3) is 0.941. The van der Waals surface area contributed by atoms with E-state index in [2.05, 4.69) is 50.2 Å². The predicted octanol–water partition coefficient (Wildman–Crippen LogP) is 2.10. The molecular formula is C17H35N3O. The van der Waals surface area contributed by atoms with Gasteiger partial charge in [0.2, 0.25) is 5.91 Å². The van der Waals surface area contributed by atoms with Crippen LogP contribution in [-0.4, -0.2) is 49.6 Å². The van der Waals surface area contributed by atoms with Gasteiger partial charge in [-0.15, -0.1) is 0 Å². The van der Waals surface area contributed by atoms with Gasteiger partial charge in [0, 0.05) is 12.6 Å². The van der Waals surface area contributed by atoms with Crippen molar-refractivity contribution >= 4 is 5.91 Å². The summed E-state index contributed by atoms with van der Waals surface area (Å²) in [7, 11) is 0. The number of carbonyl (C=O) groups excluding carboxylic acids is 1. The highest BCUT2D eigenvalue weighted by Crippen LogP contribution is 2.15. The second kappa shape index (κ2) is 9.42. The zero-order valence-corrected chi connectivity index (χ0v) is 14.6. The quantitative estimate of drug-likeness (QED) is 0.721. The molecule has 4 nitrogen and oxygen atoms in total. The molecular weight excluding hydrogens is 262 g/mol. The van der Waals surface area contributed by atoms with Crippen LogP contribution in [0, 0.1) is 17.8 Å². The highest BCUT2D eigenvalue weighted by Gasteiger charge is 2.22. The van der Waals surface area contributed by atoms with Crippen molar-refractivity contribution in [2.45, 2.75) is 53.5 Å². The standard InChI is InChI=1S/C17H35N3O/c1-13(2)9-18-10-16-7-6-8-20(11-16)12-17(21)19-15(5)14(3)4/h13-16,18H,6-12H2,1-5H3,(H,19,21). The van der Waals surface area contributed by atoms with E-state index in [1.165, 1.54) is 12.8 Å². The molecule has 1 saturated heterocycles. The van der Waals surface area contributed by atoms with Crippen molar-refractivity contribution in [3.8, 4) is 0 Å². The first-order valence-corrected chi connectivity index (χ1v) is 8.61. The third-order valence-corrected chi connectivity index (χ3v) is 4.34. The molecule has 4 heteroatoms. The van der Waals surface area contributed by atoms with Crippen LogP contribution in [0.2, 0.25) is 0 Å². The van der Waals surface area contributed by atoms with E-state index in [1.54, 1.807) is 0 Å². The fourth-order valence-electron chi connectivity index (χ4n) is 2.71. The number of carbonyl (C=O) groups is 1. The summed E-state index contributed by atoms with van der Waals surface area (Å²) in [6.07, 6.45) is 2.49. The van der Waals surface area contributed by atoms with Crippen LogP contribution >= 0.6 is 0 Å². The molecule has 2 atom stereocenters. The van der Waals surface area contributed by atoms with Gasteiger partial charge in [-0.1, -0.05) is 27.7 Å². The lowest BCUT2D eigenvalue weighted by atomic mass is 9.97. The minimum absolute atomic E-state index is 0.173. The van der Waals surface area contributed by atoms with E-state index in [0.717, 1.165) is 26.2 Å². The highest BCUT2D eigenvalue weighted by atomic mass is 16.2. The molecule has 1 aliphatic heterocycles. The Balaban J connectivity index is 2.27. The summed E-state index contributed by atoms with van der Waals surface area (Å²) in [4.78, 5) is 14.4. The Kier molecular flexibility index (Phi) is 8.27. The maximum atomic E-state index is 12.1. The van der Waals surface area contributed by atoms with Crippen LogP contribution in [0.3, 0.4) is 0 Å². The minimum Gasteiger partial charge on any atom is -0.352 e. The van der Waals surface area contributed by atoms with Crippen LogP contribution in [-0.2, 0) is 4.79 Å². The monoisotopic (exact) mass is 297 g/mol. The SMILES string of the molecule is CC(C)CNCC1CCCN(CC(=O)NC(C)C(C)C)C1. The summed E-state index contributed by atoms with van der Waals surface area (Å²) >= 11 is 0. The normalized spacial score (nSPS) is 21.8. The van der Waals surface area contributed by atoms with Crippen molar-refractivity contribution in [1.82, 2.24) is 15.5 Å². The molecule has 0 aliphatic carbocycles. The Bertz CT molecular complexity index is 304. The van der Waals surface area contributed by atoms with Gasteiger partial charge < -0.3 is 10.6 Å². The van der Waals surface area contributed by atoms with Crippen molar-refractivity contribution in [3.63, 3.8) is 0 Å². The number of rotatable bonds is 8. The zero-order chi connectivity index (χ0) is 15.8. The fourth-order valence-corrected chi connectivity index (χ4v) is 2.71. The highest BCUT2D eigenvalue weighted by molar-refractivity contribution is 5.78. The summed E-state index contributed by atoms with van der Waals surface area (Å²) in [5.41, 5.74) is 0. The van der Waals surface area contributed by atoms with Crippen LogP contribution in [0.15, 0.2) is 0 Å². The van der Waals surface area contributed by atoms with E-state index in [-0.39, 0.29) is 11.9 Å². The second-order valence-electron chi connectivity index (χ2n) is 7.40. The van der Waals surface area contributed by atoms with Crippen LogP contribution in [0.1, 0.15) is 47.5 Å². The summed E-state index contributed by atoms with van der Waals surface area (Å²) in [5.74, 6) is 2.05. The summed E-state index contributed by atoms with van der Waals surface area (Å²) in [6.45, 7) is 15.7. The first-order valence-electron chi connectivity index (χ1n) is 8.61. The largest absolute Gasteiger partial charge is 0.352 e. The van der Waals surface area contributed by atoms with Gasteiger partial charge in [0.05, 0.1) is 6.54 Å². The summed E-state index contributed by atoms with van der Waals surface area (Å²) < 4.78 is 0. The smallest absolute Gasteiger partial charge is 0.234 e. The molecule has 1 heterocycles. The summed E-state index contributed by atoms with van der Waals surface area (Å²) in [5, 5.41) is 6.65. The Hall–Kier alpha value is -0.610. The number of nitrogens with zero attached hydrogens (tertiary/aromatic N) is 1. The zero-order valence-electron chi connectivity index (χ0n) is 14.6. The predicted molar refractivity (Wildman–Crippen MR) is 89.3 cm³/mol. The lowest BCUT2D eigenvalue weighted by Gasteiger charge is -2.33. The van der Waals surface area contributed by atoms with E-state index in [0.29, 0.717) is 24.3 Å². The minimum atomic E-state index is 0.173. The second-order valence-corrected chi connectivity index (χ2v) is 7.40. The molecule has 1 aliphatic rings. The molecule has 21 heavy (non-hydrogen) atoms. The van der Waals surface area contributed by atoms with Gasteiger partial charge in [-0.05, 0) is 57.2 Å². The van der Waals surface area contributed by atoms with Crippen LogP contribution in [0.5, 0.6) is 0 Å². The van der Waals surface area contributed by atoms with E-state index in [9.17, 15) is 4.79 Å². The number of nitrogens with one attached hydrogen (secondary N) is 2. The summed E-state index contributed by atoms with van der Waals surface area (Å²) in [6, 6.07) is 0.255. The topological polar surface area (TPSA) is 44.4 Å². The lowest BCUT2D eigenvalue weighted by Crippen LogP contribution is -2.47. The molecule has 2 N–H and O–H groups in total. The number of piperidine rings is 1. The van der Waals surface area contributed by atoms with Gasteiger partial charge in [-0.3, -0.25) is 9.69 Å². The van der Waals surface area contributed by atoms with Crippen molar-refractivity contribution in [3.05, 3.63) is 0 Å². The molecule has 1 rings (SSSR count). The number of hydrogen-bond donors (Lipinski definition) is 2. The molecule has 0 radical (unpaired) electrons. The molecule has 0 aromatic carbocycles. The molecule has 0 spiro atoms. The molecule has 2 unspecified atom stereocenters. The molecule has 1 amide bonds. The average molecular weight is 297 g/mol. The van der Waals surface area contributed by atoms with Gasteiger partial charge in [0.25, 0.3) is 0 Å². The first kappa shape index (κ1) is 18.4. The number of likely N-dealkylation sites (tertiary alicyclic amines) is 1. The molecule has 0 saturated carbocycles. The van der Waals surface area contributed by atoms with Crippen LogP contribution < -0.4 is 10.6 Å². The van der Waals surface area contributed by atoms with Gasteiger partial charge >= 0.3 is 0 Å². The third-order valence-electron chi connectivity index (χ3n) is 4.34. The Morgan fingerprint density at radius 1 is 1.24 bits per heavy atom. The van der Waals surface area contributed by atoms with Gasteiger partial charge in [0.1, 0.15) is 0 Å². The van der Waals surface area contributed by atoms with E-state index >= 15 is 0 Å². The van der Waals surface area contributed by atoms with Gasteiger partial charge in [0.15, 0.2) is 0 Å². The lowest BCUT2D eigenvalue weighted by molar-refractivity contribution is -0.123. The Morgan fingerprint density at radius 3 is 2.57 bits per heavy atom. The van der Waals surface area contributed by atoms with E-state index in [4.69, 9.17) is 0 Å². The van der Waals surface area contributed by atoms with Crippen molar-refractivity contribution in [2.75, 3.05) is 32.7 Å². The van der Waals surface area contributed by atoms with Crippen molar-refractivity contribution < 1.29 is 4.79 Å². The Morgan fingerprint density at radius 2 is 1.95 bits per heavy atom. The maximum absolute atomic E-state index is 12.1. The number of amides is 1. The van der Waals surface area contributed by atoms with Crippen molar-refractivity contribution in [2.24, 2.45) is 17.8 Å². The number of hydrogen-bond acceptors (Lipinski definition) is 3. The molecule has 0 bridgehead atoms. The van der Waals surface area contributed by atoms with Gasteiger partial charge in [-0.25, -0.2) is 0 Å². The van der Waals surface area contributed by atoms with Crippen molar-refractivity contribution in [1.29, 1.82) is 0 Å². The van der Waals surface area contributed by atoms with Crippen LogP contribution in [0.25, 0.3) is 0 Å². The molecule has 124 valence electrons. The first-order chi connectivity index (χ1) is 9.88. The average Bonchev–Trinajstić information content (AvgIpc) is 2.38. The van der Waals surface area contributed by atoms with Crippen LogP contribution in [0.4, 0.5) is 0 Å². The Labute approximate surface area is 131 Å². The third kappa shape index (κ3) is 7.82. The van der Waals surface area contributed by atoms with E-state index in [1.807, 2.05) is 0 Å². The van der Waals surface area contributed by atoms with Gasteiger partial charge in [-0.2, -0.15) is 0 Å². The maximum Gasteiger partial charge on any atom is 0.234 e. The molecule has 1 fully saturated rings.